The molecule has 0 aromatic rings. The molecule has 108 valence electrons. The lowest BCUT2D eigenvalue weighted by Gasteiger charge is -2.00. The van der Waals surface area contributed by atoms with Crippen LogP contribution in [-0.4, -0.2) is 11.7 Å². The smallest absolute Gasteiger partial charge is 0.0676 e. The summed E-state index contributed by atoms with van der Waals surface area (Å²) in [7, 11) is 0. The van der Waals surface area contributed by atoms with Gasteiger partial charge in [0, 0.05) is 0 Å². The first-order chi connectivity index (χ1) is 9.15. The van der Waals surface area contributed by atoms with Crippen molar-refractivity contribution in [1.82, 2.24) is 0 Å². The van der Waals surface area contributed by atoms with Crippen LogP contribution in [0.4, 0.5) is 0 Å². The summed E-state index contributed by atoms with van der Waals surface area (Å²) in [5, 5.41) is 8.76. The topological polar surface area (TPSA) is 20.2 Å². The normalized spacial score (nSPS) is 10.3. The molecule has 0 heterocycles. The predicted molar refractivity (Wildman–Crippen MR) is 90.3 cm³/mol. The lowest BCUT2D eigenvalue weighted by molar-refractivity contribution is 0.335. The summed E-state index contributed by atoms with van der Waals surface area (Å²) in [6, 6.07) is 0. The summed E-state index contributed by atoms with van der Waals surface area (Å²) < 4.78 is 0. The minimum atomic E-state index is -0.0303. The number of aliphatic hydroxyl groups excluding tert-OH is 1. The van der Waals surface area contributed by atoms with E-state index in [-0.39, 0.29) is 6.61 Å². The second kappa shape index (κ2) is 18.8. The second-order valence-corrected chi connectivity index (χ2v) is 3.01. The summed E-state index contributed by atoms with van der Waals surface area (Å²) in [6.07, 6.45) is 11.1. The molecule has 1 heteroatoms. The molecular weight excluding hydrogens is 232 g/mol. The van der Waals surface area contributed by atoms with Crippen molar-refractivity contribution in [1.29, 1.82) is 0 Å². The fourth-order valence-electron chi connectivity index (χ4n) is 0.928. The molecule has 0 spiro atoms. The van der Waals surface area contributed by atoms with Gasteiger partial charge in [0.2, 0.25) is 0 Å². The van der Waals surface area contributed by atoms with E-state index in [0.717, 1.165) is 11.1 Å². The van der Waals surface area contributed by atoms with Gasteiger partial charge in [0.05, 0.1) is 6.61 Å². The Labute approximate surface area is 120 Å². The molecule has 0 fully saturated rings. The van der Waals surface area contributed by atoms with Crippen LogP contribution in [0.15, 0.2) is 72.9 Å². The van der Waals surface area contributed by atoms with Gasteiger partial charge in [-0.3, -0.25) is 0 Å². The average molecular weight is 262 g/mol. The third-order valence-electron chi connectivity index (χ3n) is 1.82. The Hall–Kier alpha value is -1.60. The van der Waals surface area contributed by atoms with Crippen molar-refractivity contribution in [3.63, 3.8) is 0 Å². The molecule has 0 rings (SSSR count). The minimum Gasteiger partial charge on any atom is -0.392 e. The second-order valence-electron chi connectivity index (χ2n) is 3.01. The van der Waals surface area contributed by atoms with Crippen LogP contribution in [0.2, 0.25) is 0 Å². The monoisotopic (exact) mass is 262 g/mol. The molecule has 0 unspecified atom stereocenters. The maximum Gasteiger partial charge on any atom is 0.0676 e. The van der Waals surface area contributed by atoms with Gasteiger partial charge in [0.1, 0.15) is 0 Å². The molecule has 0 aliphatic carbocycles. The fourth-order valence-corrected chi connectivity index (χ4v) is 0.928. The van der Waals surface area contributed by atoms with Gasteiger partial charge < -0.3 is 5.11 Å². The highest BCUT2D eigenvalue weighted by molar-refractivity contribution is 5.46. The zero-order valence-corrected chi connectivity index (χ0v) is 13.2. The van der Waals surface area contributed by atoms with Gasteiger partial charge in [0.15, 0.2) is 0 Å². The van der Waals surface area contributed by atoms with Crippen LogP contribution in [0.3, 0.4) is 0 Å². The standard InChI is InChI=1S/C14H18O.2C2H6/c1-5-7-8-14(6-2)13(4)10-9-12(3)11-15;2*1-2/h5-10,15H,1,3-4,11H2,2H3;2*1-2H3/b8-7-,10-9-,14-6+;;. The van der Waals surface area contributed by atoms with Crippen molar-refractivity contribution >= 4 is 0 Å². The number of rotatable bonds is 6. The van der Waals surface area contributed by atoms with Crippen molar-refractivity contribution in [2.75, 3.05) is 6.61 Å². The molecule has 1 N–H and O–H groups in total. The van der Waals surface area contributed by atoms with Crippen LogP contribution < -0.4 is 0 Å². The summed E-state index contributed by atoms with van der Waals surface area (Å²) in [5.74, 6) is 0. The molecule has 1 nitrogen and oxygen atoms in total. The van der Waals surface area contributed by atoms with Gasteiger partial charge in [-0.2, -0.15) is 0 Å². The van der Waals surface area contributed by atoms with Crippen LogP contribution in [-0.2, 0) is 0 Å². The van der Waals surface area contributed by atoms with E-state index in [9.17, 15) is 0 Å². The molecule has 0 saturated heterocycles. The Kier molecular flexibility index (Phi) is 22.3. The van der Waals surface area contributed by atoms with Crippen LogP contribution >= 0.6 is 0 Å². The third-order valence-corrected chi connectivity index (χ3v) is 1.82. The van der Waals surface area contributed by atoms with E-state index in [4.69, 9.17) is 5.11 Å². The minimum absolute atomic E-state index is 0.0303. The van der Waals surface area contributed by atoms with Crippen LogP contribution in [0.1, 0.15) is 34.6 Å². The maximum absolute atomic E-state index is 8.76. The first-order valence-electron chi connectivity index (χ1n) is 6.77. The lowest BCUT2D eigenvalue weighted by atomic mass is 10.1. The number of hydrogen-bond donors (Lipinski definition) is 1. The van der Waals surface area contributed by atoms with Crippen molar-refractivity contribution in [3.05, 3.63) is 72.9 Å². The summed E-state index contributed by atoms with van der Waals surface area (Å²) >= 11 is 0. The first kappa shape index (κ1) is 22.6. The van der Waals surface area contributed by atoms with E-state index < -0.39 is 0 Å². The van der Waals surface area contributed by atoms with Crippen LogP contribution in [0.5, 0.6) is 0 Å². The number of hydrogen-bond acceptors (Lipinski definition) is 1. The quantitative estimate of drug-likeness (QED) is 0.636. The Morgan fingerprint density at radius 2 is 1.53 bits per heavy atom. The van der Waals surface area contributed by atoms with Gasteiger partial charge in [-0.25, -0.2) is 0 Å². The van der Waals surface area contributed by atoms with Gasteiger partial charge in [0.25, 0.3) is 0 Å². The summed E-state index contributed by atoms with van der Waals surface area (Å²) in [4.78, 5) is 0. The molecule has 0 aliphatic heterocycles. The molecule has 0 radical (unpaired) electrons. The predicted octanol–water partition coefficient (Wildman–Crippen LogP) is 5.39. The Bertz CT molecular complexity index is 328. The zero-order valence-electron chi connectivity index (χ0n) is 13.2. The van der Waals surface area contributed by atoms with Gasteiger partial charge in [-0.05, 0) is 23.6 Å². The van der Waals surface area contributed by atoms with Crippen molar-refractivity contribution in [3.8, 4) is 0 Å². The van der Waals surface area contributed by atoms with Crippen molar-refractivity contribution < 1.29 is 5.11 Å². The zero-order chi connectivity index (χ0) is 15.7. The molecule has 0 aromatic carbocycles. The molecular formula is C18H30O. The average Bonchev–Trinajstić information content (AvgIpc) is 2.49. The van der Waals surface area contributed by atoms with E-state index in [2.05, 4.69) is 19.7 Å². The van der Waals surface area contributed by atoms with Crippen molar-refractivity contribution in [2.24, 2.45) is 0 Å². The third kappa shape index (κ3) is 14.3. The van der Waals surface area contributed by atoms with Gasteiger partial charge >= 0.3 is 0 Å². The molecule has 0 amide bonds. The number of allylic oxidation sites excluding steroid dienone is 7. The molecule has 0 bridgehead atoms. The highest BCUT2D eigenvalue weighted by Gasteiger charge is 1.93. The Morgan fingerprint density at radius 1 is 1.00 bits per heavy atom. The van der Waals surface area contributed by atoms with Gasteiger partial charge in [-0.15, -0.1) is 0 Å². The molecule has 0 aromatic heterocycles. The molecule has 0 aliphatic rings. The first-order valence-corrected chi connectivity index (χ1v) is 6.77. The highest BCUT2D eigenvalue weighted by atomic mass is 16.3. The molecule has 0 saturated carbocycles. The SMILES string of the molecule is C=C/C=C\C(=C/C)C(=C)/C=C\C(=C)CO.CC.CC. The molecule has 19 heavy (non-hydrogen) atoms. The van der Waals surface area contributed by atoms with Crippen LogP contribution in [0.25, 0.3) is 0 Å². The van der Waals surface area contributed by atoms with E-state index in [1.54, 1.807) is 12.2 Å². The van der Waals surface area contributed by atoms with Crippen LogP contribution in [0, 0.1) is 0 Å². The largest absolute Gasteiger partial charge is 0.392 e. The summed E-state index contributed by atoms with van der Waals surface area (Å²) in [5.41, 5.74) is 2.57. The van der Waals surface area contributed by atoms with Gasteiger partial charge in [-0.1, -0.05) is 83.9 Å². The summed E-state index contributed by atoms with van der Waals surface area (Å²) in [6.45, 7) is 21.1. The van der Waals surface area contributed by atoms with E-state index in [1.165, 1.54) is 0 Å². The van der Waals surface area contributed by atoms with E-state index in [0.29, 0.717) is 5.57 Å². The Balaban J connectivity index is -0.000000579. The lowest BCUT2D eigenvalue weighted by Crippen LogP contribution is -1.84. The maximum atomic E-state index is 8.76. The number of aliphatic hydroxyl groups is 1. The molecule has 0 atom stereocenters. The Morgan fingerprint density at radius 3 is 1.89 bits per heavy atom. The fraction of sp³-hybridized carbons (Fsp3) is 0.333. The van der Waals surface area contributed by atoms with E-state index in [1.807, 2.05) is 58.9 Å². The van der Waals surface area contributed by atoms with Crippen molar-refractivity contribution in [2.45, 2.75) is 34.6 Å². The van der Waals surface area contributed by atoms with E-state index >= 15 is 0 Å². The highest BCUT2D eigenvalue weighted by Crippen LogP contribution is 2.11.